The van der Waals surface area contributed by atoms with Crippen LogP contribution in [0.5, 0.6) is 0 Å². The average molecular weight is 368 g/mol. The van der Waals surface area contributed by atoms with Crippen molar-refractivity contribution >= 4 is 11.3 Å². The van der Waals surface area contributed by atoms with Crippen LogP contribution >= 0.6 is 11.3 Å². The Bertz CT molecular complexity index is 1080. The summed E-state index contributed by atoms with van der Waals surface area (Å²) in [5.74, 6) is 1.77. The second kappa shape index (κ2) is 6.70. The molecule has 0 spiro atoms. The molecule has 0 unspecified atom stereocenters. The quantitative estimate of drug-likeness (QED) is 0.417. The molecule has 4 nitrogen and oxygen atoms in total. The Morgan fingerprint density at radius 2 is 1.00 bits per heavy atom. The van der Waals surface area contributed by atoms with Gasteiger partial charge in [0.1, 0.15) is 11.6 Å². The van der Waals surface area contributed by atoms with Crippen LogP contribution in [0.3, 0.4) is 0 Å². The van der Waals surface area contributed by atoms with Crippen molar-refractivity contribution in [2.45, 2.75) is 0 Å². The van der Waals surface area contributed by atoms with E-state index < -0.39 is 0 Å². The maximum atomic E-state index is 4.52. The fraction of sp³-hybridized carbons (Fsp3) is 0. The van der Waals surface area contributed by atoms with Crippen LogP contribution in [0.1, 0.15) is 0 Å². The number of rotatable bonds is 4. The lowest BCUT2D eigenvalue weighted by atomic mass is 10.2. The molecule has 3 aromatic heterocycles. The van der Waals surface area contributed by atoms with Crippen LogP contribution < -0.4 is 0 Å². The number of aromatic amines is 2. The average Bonchev–Trinajstić information content (AvgIpc) is 3.49. The van der Waals surface area contributed by atoms with Crippen molar-refractivity contribution in [1.29, 1.82) is 0 Å². The van der Waals surface area contributed by atoms with Crippen LogP contribution in [0.25, 0.3) is 43.9 Å². The van der Waals surface area contributed by atoms with Gasteiger partial charge < -0.3 is 9.97 Å². The summed E-state index contributed by atoms with van der Waals surface area (Å²) in [5.41, 5.74) is 4.21. The number of hydrogen-bond donors (Lipinski definition) is 2. The van der Waals surface area contributed by atoms with Crippen LogP contribution in [-0.2, 0) is 0 Å². The molecule has 0 saturated heterocycles. The fourth-order valence-electron chi connectivity index (χ4n) is 3.01. The number of nitrogens with zero attached hydrogens (tertiary/aromatic N) is 2. The van der Waals surface area contributed by atoms with Gasteiger partial charge in [0.05, 0.1) is 33.5 Å². The minimum Gasteiger partial charge on any atom is -0.337 e. The highest BCUT2D eigenvalue weighted by atomic mass is 32.1. The molecule has 5 heteroatoms. The van der Waals surface area contributed by atoms with Gasteiger partial charge >= 0.3 is 0 Å². The summed E-state index contributed by atoms with van der Waals surface area (Å²) in [6.45, 7) is 0. The molecule has 0 aliphatic rings. The van der Waals surface area contributed by atoms with Gasteiger partial charge in [0, 0.05) is 11.1 Å². The third-order valence-electron chi connectivity index (χ3n) is 4.38. The van der Waals surface area contributed by atoms with E-state index in [1.165, 1.54) is 0 Å². The Balaban J connectivity index is 1.42. The van der Waals surface area contributed by atoms with E-state index in [1.807, 2.05) is 48.8 Å². The summed E-state index contributed by atoms with van der Waals surface area (Å²) in [7, 11) is 0. The monoisotopic (exact) mass is 368 g/mol. The first kappa shape index (κ1) is 15.8. The van der Waals surface area contributed by atoms with Gasteiger partial charge in [-0.1, -0.05) is 60.7 Å². The van der Waals surface area contributed by atoms with Gasteiger partial charge in [0.2, 0.25) is 0 Å². The van der Waals surface area contributed by atoms with E-state index in [4.69, 9.17) is 0 Å². The zero-order chi connectivity index (χ0) is 18.1. The number of nitrogens with one attached hydrogen (secondary N) is 2. The van der Waals surface area contributed by atoms with Gasteiger partial charge in [-0.05, 0) is 12.1 Å². The van der Waals surface area contributed by atoms with E-state index >= 15 is 0 Å². The fourth-order valence-corrected chi connectivity index (χ4v) is 3.94. The molecule has 0 aliphatic heterocycles. The molecule has 0 saturated carbocycles. The molecule has 3 heterocycles. The molecule has 2 aromatic carbocycles. The number of hydrogen-bond acceptors (Lipinski definition) is 3. The lowest BCUT2D eigenvalue weighted by Gasteiger charge is -1.96. The standard InChI is InChI=1S/C22H16N4S/c1-3-7-15(8-4-1)21-23-13-17(25-21)19-11-12-20(27-19)18-14-24-22(26-18)16-9-5-2-6-10-16/h1-14H,(H,23,25)(H,24,26). The molecule has 2 N–H and O–H groups in total. The van der Waals surface area contributed by atoms with Gasteiger partial charge in [0.15, 0.2) is 0 Å². The number of imidazole rings is 2. The molecule has 0 bridgehead atoms. The summed E-state index contributed by atoms with van der Waals surface area (Å²) in [5, 5.41) is 0. The zero-order valence-corrected chi connectivity index (χ0v) is 15.2. The number of aromatic nitrogens is 4. The zero-order valence-electron chi connectivity index (χ0n) is 14.4. The first-order valence-corrected chi connectivity index (χ1v) is 9.50. The van der Waals surface area contributed by atoms with Crippen molar-refractivity contribution < 1.29 is 0 Å². The van der Waals surface area contributed by atoms with E-state index in [-0.39, 0.29) is 0 Å². The van der Waals surface area contributed by atoms with Gasteiger partial charge in [-0.15, -0.1) is 11.3 Å². The topological polar surface area (TPSA) is 57.4 Å². The third kappa shape index (κ3) is 3.09. The maximum absolute atomic E-state index is 4.52. The van der Waals surface area contributed by atoms with Gasteiger partial charge in [0.25, 0.3) is 0 Å². The first-order chi connectivity index (χ1) is 13.4. The lowest BCUT2D eigenvalue weighted by Crippen LogP contribution is -1.79. The van der Waals surface area contributed by atoms with Crippen LogP contribution in [0.4, 0.5) is 0 Å². The van der Waals surface area contributed by atoms with Crippen LogP contribution in [0, 0.1) is 0 Å². The normalized spacial score (nSPS) is 11.0. The van der Waals surface area contributed by atoms with Crippen LogP contribution in [0.15, 0.2) is 85.2 Å². The summed E-state index contributed by atoms with van der Waals surface area (Å²) in [4.78, 5) is 18.2. The minimum atomic E-state index is 0.883. The van der Waals surface area contributed by atoms with E-state index in [0.29, 0.717) is 0 Å². The molecule has 5 aromatic rings. The number of benzene rings is 2. The molecule has 130 valence electrons. The number of H-pyrrole nitrogens is 2. The molecule has 27 heavy (non-hydrogen) atoms. The molecule has 0 amide bonds. The van der Waals surface area contributed by atoms with Crippen molar-refractivity contribution in [1.82, 2.24) is 19.9 Å². The Morgan fingerprint density at radius 1 is 0.556 bits per heavy atom. The lowest BCUT2D eigenvalue weighted by molar-refractivity contribution is 1.31. The molecular formula is C22H16N4S. The van der Waals surface area contributed by atoms with E-state index in [1.54, 1.807) is 11.3 Å². The highest BCUT2D eigenvalue weighted by molar-refractivity contribution is 7.18. The van der Waals surface area contributed by atoms with Gasteiger partial charge in [-0.3, -0.25) is 0 Å². The van der Waals surface area contributed by atoms with E-state index in [0.717, 1.165) is 43.9 Å². The first-order valence-electron chi connectivity index (χ1n) is 8.68. The van der Waals surface area contributed by atoms with Crippen molar-refractivity contribution in [3.63, 3.8) is 0 Å². The van der Waals surface area contributed by atoms with E-state index in [9.17, 15) is 0 Å². The molecule has 5 rings (SSSR count). The summed E-state index contributed by atoms with van der Waals surface area (Å²) >= 11 is 1.71. The largest absolute Gasteiger partial charge is 0.337 e. The Morgan fingerprint density at radius 3 is 1.44 bits per heavy atom. The highest BCUT2D eigenvalue weighted by Gasteiger charge is 2.11. The molecule has 0 aliphatic carbocycles. The second-order valence-corrected chi connectivity index (χ2v) is 7.27. The van der Waals surface area contributed by atoms with Crippen molar-refractivity contribution in [3.8, 4) is 43.9 Å². The SMILES string of the molecule is c1ccc(-c2ncc(-c3ccc(-c4cnc(-c5ccccc5)[nH]4)s3)[nH]2)cc1. The van der Waals surface area contributed by atoms with Gasteiger partial charge in [-0.2, -0.15) is 0 Å². The van der Waals surface area contributed by atoms with Crippen LogP contribution in [-0.4, -0.2) is 19.9 Å². The van der Waals surface area contributed by atoms with E-state index in [2.05, 4.69) is 56.3 Å². The Kier molecular flexibility index (Phi) is 3.92. The predicted molar refractivity (Wildman–Crippen MR) is 110 cm³/mol. The molecule has 0 fully saturated rings. The molecule has 0 atom stereocenters. The third-order valence-corrected chi connectivity index (χ3v) is 5.53. The van der Waals surface area contributed by atoms with Crippen molar-refractivity contribution in [2.75, 3.05) is 0 Å². The Hall–Kier alpha value is -3.44. The Labute approximate surface area is 160 Å². The number of thiophene rings is 1. The van der Waals surface area contributed by atoms with Gasteiger partial charge in [-0.25, -0.2) is 9.97 Å². The second-order valence-electron chi connectivity index (χ2n) is 6.19. The highest BCUT2D eigenvalue weighted by Crippen LogP contribution is 2.34. The van der Waals surface area contributed by atoms with Crippen LogP contribution in [0.2, 0.25) is 0 Å². The summed E-state index contributed by atoms with van der Waals surface area (Å²) in [6, 6.07) is 24.5. The summed E-state index contributed by atoms with van der Waals surface area (Å²) < 4.78 is 0. The minimum absolute atomic E-state index is 0.883. The van der Waals surface area contributed by atoms with Crippen molar-refractivity contribution in [2.24, 2.45) is 0 Å². The summed E-state index contributed by atoms with van der Waals surface area (Å²) in [6.07, 6.45) is 3.78. The maximum Gasteiger partial charge on any atom is 0.137 e. The smallest absolute Gasteiger partial charge is 0.137 e. The predicted octanol–water partition coefficient (Wildman–Crippen LogP) is 5.86. The molecular weight excluding hydrogens is 352 g/mol. The van der Waals surface area contributed by atoms with Crippen molar-refractivity contribution in [3.05, 3.63) is 85.2 Å². The molecule has 0 radical (unpaired) electrons.